The summed E-state index contributed by atoms with van der Waals surface area (Å²) in [4.78, 5) is 18.1. The van der Waals surface area contributed by atoms with Gasteiger partial charge in [-0.15, -0.1) is 0 Å². The van der Waals surface area contributed by atoms with Crippen LogP contribution in [0.5, 0.6) is 0 Å². The minimum atomic E-state index is -0.162. The molecule has 104 valence electrons. The van der Waals surface area contributed by atoms with Crippen molar-refractivity contribution in [3.8, 4) is 0 Å². The Labute approximate surface area is 116 Å². The van der Waals surface area contributed by atoms with Crippen molar-refractivity contribution in [1.29, 1.82) is 0 Å². The van der Waals surface area contributed by atoms with Gasteiger partial charge in [0.15, 0.2) is 5.84 Å². The summed E-state index contributed by atoms with van der Waals surface area (Å²) in [7, 11) is 0. The molecule has 20 heavy (non-hydrogen) atoms. The van der Waals surface area contributed by atoms with E-state index in [4.69, 9.17) is 10.9 Å². The first-order valence-corrected chi connectivity index (χ1v) is 6.26. The van der Waals surface area contributed by atoms with Crippen molar-refractivity contribution in [1.82, 2.24) is 9.88 Å². The van der Waals surface area contributed by atoms with E-state index < -0.39 is 0 Å². The van der Waals surface area contributed by atoms with Gasteiger partial charge in [0.2, 0.25) is 0 Å². The number of nitrogens with two attached hydrogens (primary N) is 1. The lowest BCUT2D eigenvalue weighted by Gasteiger charge is -2.20. The molecule has 0 radical (unpaired) electrons. The van der Waals surface area contributed by atoms with E-state index in [1.54, 1.807) is 24.4 Å². The zero-order chi connectivity index (χ0) is 14.5. The van der Waals surface area contributed by atoms with Gasteiger partial charge in [0, 0.05) is 23.7 Å². The van der Waals surface area contributed by atoms with Gasteiger partial charge in [0.05, 0.1) is 12.1 Å². The summed E-state index contributed by atoms with van der Waals surface area (Å²) in [5.74, 6) is -0.160. The fraction of sp³-hybridized carbons (Fsp3) is 0.214. The molecule has 0 saturated heterocycles. The SMILES string of the molecule is CCN(CC(N)=NO)C(=O)c1ccc2ncccc2c1. The van der Waals surface area contributed by atoms with Crippen molar-refractivity contribution in [3.63, 3.8) is 0 Å². The smallest absolute Gasteiger partial charge is 0.254 e. The topological polar surface area (TPSA) is 91.8 Å². The highest BCUT2D eigenvalue weighted by Gasteiger charge is 2.15. The third kappa shape index (κ3) is 2.85. The Balaban J connectivity index is 2.29. The fourth-order valence-electron chi connectivity index (χ4n) is 1.95. The van der Waals surface area contributed by atoms with Crippen molar-refractivity contribution in [3.05, 3.63) is 42.1 Å². The molecule has 0 saturated carbocycles. The molecule has 0 bridgehead atoms. The number of amidine groups is 1. The molecule has 0 atom stereocenters. The van der Waals surface area contributed by atoms with E-state index in [9.17, 15) is 4.79 Å². The molecule has 6 nitrogen and oxygen atoms in total. The van der Waals surface area contributed by atoms with Gasteiger partial charge >= 0.3 is 0 Å². The second-order valence-electron chi connectivity index (χ2n) is 4.32. The number of carbonyl (C=O) groups is 1. The second kappa shape index (κ2) is 6.01. The highest BCUT2D eigenvalue weighted by molar-refractivity contribution is 5.99. The van der Waals surface area contributed by atoms with E-state index in [1.165, 1.54) is 4.90 Å². The molecule has 1 aromatic heterocycles. The summed E-state index contributed by atoms with van der Waals surface area (Å²) in [5.41, 5.74) is 6.84. The first kappa shape index (κ1) is 13.8. The lowest BCUT2D eigenvalue weighted by atomic mass is 10.1. The second-order valence-corrected chi connectivity index (χ2v) is 4.32. The minimum Gasteiger partial charge on any atom is -0.409 e. The number of carbonyl (C=O) groups excluding carboxylic acids is 1. The van der Waals surface area contributed by atoms with Gasteiger partial charge in [0.1, 0.15) is 0 Å². The molecule has 6 heteroatoms. The number of oxime groups is 1. The molecular weight excluding hydrogens is 256 g/mol. The van der Waals surface area contributed by atoms with Crippen molar-refractivity contribution in [2.24, 2.45) is 10.9 Å². The third-order valence-corrected chi connectivity index (χ3v) is 3.00. The van der Waals surface area contributed by atoms with E-state index in [0.717, 1.165) is 10.9 Å². The first-order chi connectivity index (χ1) is 9.65. The summed E-state index contributed by atoms with van der Waals surface area (Å²) < 4.78 is 0. The maximum absolute atomic E-state index is 12.4. The van der Waals surface area contributed by atoms with Crippen LogP contribution in [-0.2, 0) is 0 Å². The van der Waals surface area contributed by atoms with Gasteiger partial charge in [-0.25, -0.2) is 0 Å². The Morgan fingerprint density at radius 2 is 2.25 bits per heavy atom. The van der Waals surface area contributed by atoms with Crippen LogP contribution in [0.4, 0.5) is 0 Å². The normalized spacial score (nSPS) is 11.6. The van der Waals surface area contributed by atoms with E-state index in [1.807, 2.05) is 19.1 Å². The van der Waals surface area contributed by atoms with E-state index in [0.29, 0.717) is 12.1 Å². The number of hydrogen-bond donors (Lipinski definition) is 2. The predicted octanol–water partition coefficient (Wildman–Crippen LogP) is 1.44. The predicted molar refractivity (Wildman–Crippen MR) is 76.7 cm³/mol. The number of aromatic nitrogens is 1. The van der Waals surface area contributed by atoms with Crippen LogP contribution in [0.3, 0.4) is 0 Å². The number of benzene rings is 1. The molecule has 2 rings (SSSR count). The maximum Gasteiger partial charge on any atom is 0.254 e. The minimum absolute atomic E-state index is 0.00246. The monoisotopic (exact) mass is 272 g/mol. The summed E-state index contributed by atoms with van der Waals surface area (Å²) >= 11 is 0. The molecule has 1 aromatic carbocycles. The molecule has 0 spiro atoms. The summed E-state index contributed by atoms with van der Waals surface area (Å²) in [6, 6.07) is 9.05. The Bertz CT molecular complexity index is 654. The summed E-state index contributed by atoms with van der Waals surface area (Å²) in [6.07, 6.45) is 1.71. The summed E-state index contributed by atoms with van der Waals surface area (Å²) in [5, 5.41) is 12.4. The number of nitrogens with zero attached hydrogens (tertiary/aromatic N) is 3. The molecule has 0 fully saturated rings. The van der Waals surface area contributed by atoms with Crippen LogP contribution in [0.25, 0.3) is 10.9 Å². The molecule has 1 amide bonds. The Kier molecular flexibility index (Phi) is 4.14. The number of amides is 1. The van der Waals surface area contributed by atoms with Crippen molar-refractivity contribution >= 4 is 22.6 Å². The molecule has 0 aliphatic carbocycles. The highest BCUT2D eigenvalue weighted by Crippen LogP contribution is 2.14. The molecular formula is C14H16N4O2. The van der Waals surface area contributed by atoms with Crippen LogP contribution < -0.4 is 5.73 Å². The summed E-state index contributed by atoms with van der Waals surface area (Å²) in [6.45, 7) is 2.40. The fourth-order valence-corrected chi connectivity index (χ4v) is 1.95. The quantitative estimate of drug-likeness (QED) is 0.381. The number of rotatable bonds is 4. The lowest BCUT2D eigenvalue weighted by Crippen LogP contribution is -2.38. The molecule has 2 aromatic rings. The standard InChI is InChI=1S/C14H16N4O2/c1-2-18(9-13(15)17-20)14(19)11-5-6-12-10(8-11)4-3-7-16-12/h3-8,20H,2,9H2,1H3,(H2,15,17). The van der Waals surface area contributed by atoms with Gasteiger partial charge in [0.25, 0.3) is 5.91 Å². The van der Waals surface area contributed by atoms with Crippen LogP contribution in [-0.4, -0.2) is 39.9 Å². The van der Waals surface area contributed by atoms with Crippen molar-refractivity contribution < 1.29 is 10.0 Å². The zero-order valence-corrected chi connectivity index (χ0v) is 11.2. The van der Waals surface area contributed by atoms with Crippen molar-refractivity contribution in [2.75, 3.05) is 13.1 Å². The first-order valence-electron chi connectivity index (χ1n) is 6.26. The van der Waals surface area contributed by atoms with Gasteiger partial charge in [-0.3, -0.25) is 9.78 Å². The molecule has 0 aliphatic heterocycles. The molecule has 0 unspecified atom stereocenters. The number of pyridine rings is 1. The zero-order valence-electron chi connectivity index (χ0n) is 11.2. The molecule has 1 heterocycles. The van der Waals surface area contributed by atoms with Gasteiger partial charge in [-0.2, -0.15) is 0 Å². The number of likely N-dealkylation sites (N-methyl/N-ethyl adjacent to an activating group) is 1. The molecule has 0 aliphatic rings. The Morgan fingerprint density at radius 3 is 2.95 bits per heavy atom. The Hall–Kier alpha value is -2.63. The Morgan fingerprint density at radius 1 is 1.45 bits per heavy atom. The largest absolute Gasteiger partial charge is 0.409 e. The third-order valence-electron chi connectivity index (χ3n) is 3.00. The van der Waals surface area contributed by atoms with Crippen LogP contribution in [0.2, 0.25) is 0 Å². The highest BCUT2D eigenvalue weighted by atomic mass is 16.4. The van der Waals surface area contributed by atoms with Crippen LogP contribution in [0.1, 0.15) is 17.3 Å². The lowest BCUT2D eigenvalue weighted by molar-refractivity contribution is 0.0786. The average molecular weight is 272 g/mol. The van der Waals surface area contributed by atoms with Crippen LogP contribution >= 0.6 is 0 Å². The van der Waals surface area contributed by atoms with Gasteiger partial charge in [-0.1, -0.05) is 11.2 Å². The average Bonchev–Trinajstić information content (AvgIpc) is 2.51. The van der Waals surface area contributed by atoms with Gasteiger partial charge < -0.3 is 15.8 Å². The maximum atomic E-state index is 12.4. The molecule has 3 N–H and O–H groups in total. The van der Waals surface area contributed by atoms with Gasteiger partial charge in [-0.05, 0) is 31.2 Å². The number of hydrogen-bond acceptors (Lipinski definition) is 4. The number of fused-ring (bicyclic) bond motifs is 1. The van der Waals surface area contributed by atoms with E-state index in [2.05, 4.69) is 10.1 Å². The van der Waals surface area contributed by atoms with E-state index in [-0.39, 0.29) is 18.3 Å². The van der Waals surface area contributed by atoms with Crippen LogP contribution in [0.15, 0.2) is 41.7 Å². The van der Waals surface area contributed by atoms with E-state index >= 15 is 0 Å². The van der Waals surface area contributed by atoms with Crippen molar-refractivity contribution in [2.45, 2.75) is 6.92 Å². The van der Waals surface area contributed by atoms with Crippen LogP contribution in [0, 0.1) is 0 Å².